The van der Waals surface area contributed by atoms with Gasteiger partial charge in [-0.2, -0.15) is 0 Å². The van der Waals surface area contributed by atoms with Crippen molar-refractivity contribution in [1.82, 2.24) is 4.57 Å². The lowest BCUT2D eigenvalue weighted by molar-refractivity contribution is -0.385. The molecule has 0 aliphatic heterocycles. The van der Waals surface area contributed by atoms with Crippen molar-refractivity contribution in [1.29, 1.82) is 0 Å². The highest BCUT2D eigenvalue weighted by atomic mass is 16.6. The van der Waals surface area contributed by atoms with Crippen LogP contribution in [0.4, 0.5) is 5.69 Å². The van der Waals surface area contributed by atoms with Gasteiger partial charge in [0.15, 0.2) is 0 Å². The van der Waals surface area contributed by atoms with Crippen LogP contribution in [0.25, 0.3) is 0 Å². The summed E-state index contributed by atoms with van der Waals surface area (Å²) in [6.45, 7) is 3.26. The van der Waals surface area contributed by atoms with E-state index in [4.69, 9.17) is 0 Å². The van der Waals surface area contributed by atoms with Crippen LogP contribution in [0.15, 0.2) is 23.1 Å². The molecule has 0 aliphatic carbocycles. The second-order valence-electron chi connectivity index (χ2n) is 3.90. The van der Waals surface area contributed by atoms with Crippen molar-refractivity contribution in [3.8, 4) is 0 Å². The van der Waals surface area contributed by atoms with E-state index in [1.54, 1.807) is 13.8 Å². The lowest BCUT2D eigenvalue weighted by Gasteiger charge is -2.28. The molecule has 0 saturated carbocycles. The maximum absolute atomic E-state index is 11.7. The fourth-order valence-electron chi connectivity index (χ4n) is 1.91. The summed E-state index contributed by atoms with van der Waals surface area (Å²) < 4.78 is 0.938. The summed E-state index contributed by atoms with van der Waals surface area (Å²) in [7, 11) is 0. The van der Waals surface area contributed by atoms with Gasteiger partial charge in [-0.15, -0.1) is 0 Å². The van der Waals surface area contributed by atoms with E-state index < -0.39 is 22.0 Å². The molecule has 98 valence electrons. The van der Waals surface area contributed by atoms with Gasteiger partial charge in [0, 0.05) is 12.1 Å². The van der Waals surface area contributed by atoms with E-state index >= 15 is 0 Å². The van der Waals surface area contributed by atoms with Crippen LogP contribution < -0.4 is 5.56 Å². The Morgan fingerprint density at radius 1 is 1.44 bits per heavy atom. The maximum atomic E-state index is 11.7. The van der Waals surface area contributed by atoms with E-state index in [0.717, 1.165) is 22.9 Å². The molecule has 0 atom stereocenters. The zero-order valence-corrected chi connectivity index (χ0v) is 10.1. The number of nitrogens with zero attached hydrogens (tertiary/aromatic N) is 2. The van der Waals surface area contributed by atoms with E-state index in [0.29, 0.717) is 0 Å². The fourth-order valence-corrected chi connectivity index (χ4v) is 1.91. The van der Waals surface area contributed by atoms with Crippen molar-refractivity contribution >= 4 is 11.7 Å². The molecule has 1 aromatic rings. The van der Waals surface area contributed by atoms with Gasteiger partial charge >= 0.3 is 5.97 Å². The smallest absolute Gasteiger partial charge is 0.329 e. The van der Waals surface area contributed by atoms with Gasteiger partial charge < -0.3 is 5.11 Å². The third kappa shape index (κ3) is 2.11. The number of aromatic nitrogens is 1. The van der Waals surface area contributed by atoms with Crippen molar-refractivity contribution in [3.05, 3.63) is 38.8 Å². The van der Waals surface area contributed by atoms with E-state index in [9.17, 15) is 24.8 Å². The van der Waals surface area contributed by atoms with E-state index in [2.05, 4.69) is 0 Å². The highest BCUT2D eigenvalue weighted by molar-refractivity contribution is 5.76. The van der Waals surface area contributed by atoms with E-state index in [1.165, 1.54) is 0 Å². The highest BCUT2D eigenvalue weighted by Crippen LogP contribution is 2.25. The lowest BCUT2D eigenvalue weighted by atomic mass is 9.92. The van der Waals surface area contributed by atoms with Crippen LogP contribution in [-0.4, -0.2) is 20.6 Å². The summed E-state index contributed by atoms with van der Waals surface area (Å²) in [5.41, 5.74) is -2.31. The van der Waals surface area contributed by atoms with Gasteiger partial charge in [-0.3, -0.25) is 19.5 Å². The topological polar surface area (TPSA) is 102 Å². The average molecular weight is 254 g/mol. The number of aliphatic carboxylic acids is 1. The summed E-state index contributed by atoms with van der Waals surface area (Å²) in [5, 5.41) is 20.0. The first-order valence-corrected chi connectivity index (χ1v) is 5.50. The van der Waals surface area contributed by atoms with Crippen LogP contribution in [-0.2, 0) is 10.3 Å². The van der Waals surface area contributed by atoms with Gasteiger partial charge in [0.25, 0.3) is 11.2 Å². The molecule has 0 spiro atoms. The minimum atomic E-state index is -1.44. The molecule has 1 rings (SSSR count). The molecule has 0 amide bonds. The second kappa shape index (κ2) is 4.99. The van der Waals surface area contributed by atoms with Crippen molar-refractivity contribution in [3.63, 3.8) is 0 Å². The summed E-state index contributed by atoms with van der Waals surface area (Å²) in [6.07, 6.45) is 1.32. The molecule has 1 aromatic heterocycles. The molecule has 1 heterocycles. The maximum Gasteiger partial charge on any atom is 0.329 e. The Morgan fingerprint density at radius 3 is 2.39 bits per heavy atom. The normalized spacial score (nSPS) is 11.2. The van der Waals surface area contributed by atoms with Gasteiger partial charge in [-0.1, -0.05) is 13.8 Å². The van der Waals surface area contributed by atoms with Crippen LogP contribution >= 0.6 is 0 Å². The zero-order chi connectivity index (χ0) is 13.9. The standard InChI is InChI=1S/C11H14N2O5/c1-3-11(4-2,10(15)16)12-7-8(13(17)18)5-6-9(12)14/h5-7H,3-4H2,1-2H3,(H,15,16). The van der Waals surface area contributed by atoms with E-state index in [-0.39, 0.29) is 18.5 Å². The van der Waals surface area contributed by atoms with Crippen molar-refractivity contribution < 1.29 is 14.8 Å². The monoisotopic (exact) mass is 254 g/mol. The number of carboxylic acids is 1. The minimum absolute atomic E-state index is 0.167. The van der Waals surface area contributed by atoms with Gasteiger partial charge in [-0.05, 0) is 12.8 Å². The molecule has 7 heteroatoms. The molecular weight excluding hydrogens is 240 g/mol. The molecule has 0 saturated heterocycles. The third-order valence-electron chi connectivity index (χ3n) is 3.14. The number of carboxylic acid groups (broad SMARTS) is 1. The molecule has 0 aliphatic rings. The molecular formula is C11H14N2O5. The molecule has 18 heavy (non-hydrogen) atoms. The number of pyridine rings is 1. The predicted octanol–water partition coefficient (Wildman–Crippen LogP) is 1.36. The number of carbonyl (C=O) groups is 1. The first-order valence-electron chi connectivity index (χ1n) is 5.50. The number of nitro groups is 1. The van der Waals surface area contributed by atoms with Crippen LogP contribution in [0.2, 0.25) is 0 Å². The molecule has 0 radical (unpaired) electrons. The summed E-state index contributed by atoms with van der Waals surface area (Å²) in [5.74, 6) is -1.17. The molecule has 0 bridgehead atoms. The SMILES string of the molecule is CCC(CC)(C(=O)O)n1cc([N+](=O)[O-])ccc1=O. The predicted molar refractivity (Wildman–Crippen MR) is 63.5 cm³/mol. The molecule has 7 nitrogen and oxygen atoms in total. The van der Waals surface area contributed by atoms with Crippen molar-refractivity contribution in [2.75, 3.05) is 0 Å². The van der Waals surface area contributed by atoms with Crippen molar-refractivity contribution in [2.45, 2.75) is 32.2 Å². The highest BCUT2D eigenvalue weighted by Gasteiger charge is 2.38. The van der Waals surface area contributed by atoms with Crippen LogP contribution in [0, 0.1) is 10.1 Å². The van der Waals surface area contributed by atoms with Crippen LogP contribution in [0.1, 0.15) is 26.7 Å². The Labute approximate surface area is 103 Å². The minimum Gasteiger partial charge on any atom is -0.479 e. The van der Waals surface area contributed by atoms with Gasteiger partial charge in [0.05, 0.1) is 11.1 Å². The quantitative estimate of drug-likeness (QED) is 0.631. The average Bonchev–Trinajstić information content (AvgIpc) is 2.32. The molecule has 1 N–H and O–H groups in total. The second-order valence-corrected chi connectivity index (χ2v) is 3.90. The van der Waals surface area contributed by atoms with Gasteiger partial charge in [0.2, 0.25) is 0 Å². The van der Waals surface area contributed by atoms with Crippen LogP contribution in [0.5, 0.6) is 0 Å². The zero-order valence-electron chi connectivity index (χ0n) is 10.1. The Kier molecular flexibility index (Phi) is 3.85. The molecule has 0 fully saturated rings. The summed E-state index contributed by atoms with van der Waals surface area (Å²) >= 11 is 0. The molecule has 0 aromatic carbocycles. The number of hydrogen-bond acceptors (Lipinski definition) is 4. The lowest BCUT2D eigenvalue weighted by Crippen LogP contribution is -2.46. The molecule has 0 unspecified atom stereocenters. The van der Waals surface area contributed by atoms with Gasteiger partial charge in [-0.25, -0.2) is 4.79 Å². The Hall–Kier alpha value is -2.18. The summed E-state index contributed by atoms with van der Waals surface area (Å²) in [6, 6.07) is 2.08. The Morgan fingerprint density at radius 2 is 2.00 bits per heavy atom. The number of hydrogen-bond donors (Lipinski definition) is 1. The number of rotatable bonds is 5. The Bertz CT molecular complexity index is 530. The largest absolute Gasteiger partial charge is 0.479 e. The van der Waals surface area contributed by atoms with E-state index in [1.807, 2.05) is 0 Å². The fraction of sp³-hybridized carbons (Fsp3) is 0.455. The first-order chi connectivity index (χ1) is 8.39. The van der Waals surface area contributed by atoms with Crippen molar-refractivity contribution in [2.24, 2.45) is 0 Å². The first kappa shape index (κ1) is 13.9. The van der Waals surface area contributed by atoms with Gasteiger partial charge in [0.1, 0.15) is 5.54 Å². The summed E-state index contributed by atoms with van der Waals surface area (Å²) in [4.78, 5) is 33.1. The third-order valence-corrected chi connectivity index (χ3v) is 3.14. The Balaban J connectivity index is 3.55. The van der Waals surface area contributed by atoms with Crippen LogP contribution in [0.3, 0.4) is 0 Å².